The molecule has 30 heavy (non-hydrogen) atoms. The minimum Gasteiger partial charge on any atom is -0.452 e. The SMILES string of the molecule is C[C@@H]1CN(C(=O)COC(=O)c2cn(-c3ccccc3)nc2-c2cccs2)C[C@@H](C)O1. The van der Waals surface area contributed by atoms with Gasteiger partial charge >= 0.3 is 5.97 Å². The van der Waals surface area contributed by atoms with Crippen molar-refractivity contribution in [1.82, 2.24) is 14.7 Å². The number of nitrogens with zero attached hydrogens (tertiary/aromatic N) is 3. The predicted molar refractivity (Wildman–Crippen MR) is 114 cm³/mol. The third kappa shape index (κ3) is 4.44. The Morgan fingerprint density at radius 2 is 1.87 bits per heavy atom. The number of hydrogen-bond donors (Lipinski definition) is 0. The van der Waals surface area contributed by atoms with E-state index in [4.69, 9.17) is 9.47 Å². The van der Waals surface area contributed by atoms with Crippen LogP contribution in [0, 0.1) is 0 Å². The van der Waals surface area contributed by atoms with E-state index in [0.717, 1.165) is 10.6 Å². The minimum absolute atomic E-state index is 0.0389. The molecule has 3 heterocycles. The first kappa shape index (κ1) is 20.3. The quantitative estimate of drug-likeness (QED) is 0.586. The number of aromatic nitrogens is 2. The molecule has 0 N–H and O–H groups in total. The zero-order valence-corrected chi connectivity index (χ0v) is 17.7. The van der Waals surface area contributed by atoms with Crippen molar-refractivity contribution in [1.29, 1.82) is 0 Å². The van der Waals surface area contributed by atoms with Crippen LogP contribution in [-0.2, 0) is 14.3 Å². The number of thiophene rings is 1. The molecule has 1 saturated heterocycles. The predicted octanol–water partition coefficient (Wildman–Crippen LogP) is 3.39. The number of carbonyl (C=O) groups excluding carboxylic acids is 2. The lowest BCUT2D eigenvalue weighted by Crippen LogP contribution is -2.49. The van der Waals surface area contributed by atoms with Gasteiger partial charge in [0.1, 0.15) is 11.3 Å². The average molecular weight is 426 g/mol. The first-order valence-corrected chi connectivity index (χ1v) is 10.7. The minimum atomic E-state index is -0.566. The molecule has 2 aromatic heterocycles. The van der Waals surface area contributed by atoms with Gasteiger partial charge in [-0.05, 0) is 37.4 Å². The largest absolute Gasteiger partial charge is 0.452 e. The highest BCUT2D eigenvalue weighted by molar-refractivity contribution is 7.13. The van der Waals surface area contributed by atoms with Gasteiger partial charge in [0.2, 0.25) is 0 Å². The summed E-state index contributed by atoms with van der Waals surface area (Å²) in [4.78, 5) is 27.9. The van der Waals surface area contributed by atoms with E-state index in [0.29, 0.717) is 24.3 Å². The van der Waals surface area contributed by atoms with E-state index in [2.05, 4.69) is 5.10 Å². The van der Waals surface area contributed by atoms with Crippen molar-refractivity contribution in [3.63, 3.8) is 0 Å². The van der Waals surface area contributed by atoms with Crippen LogP contribution in [0.1, 0.15) is 24.2 Å². The molecule has 0 bridgehead atoms. The molecule has 2 atom stereocenters. The molecule has 0 aliphatic carbocycles. The lowest BCUT2D eigenvalue weighted by atomic mass is 10.2. The molecule has 156 valence electrons. The van der Waals surface area contributed by atoms with Crippen molar-refractivity contribution < 1.29 is 19.1 Å². The van der Waals surface area contributed by atoms with Gasteiger partial charge in [0, 0.05) is 19.3 Å². The molecule has 1 aliphatic rings. The van der Waals surface area contributed by atoms with Gasteiger partial charge < -0.3 is 14.4 Å². The number of esters is 1. The van der Waals surface area contributed by atoms with E-state index < -0.39 is 5.97 Å². The Kier molecular flexibility index (Phi) is 5.96. The standard InChI is InChI=1S/C22H23N3O4S/c1-15-11-24(12-16(2)29-15)20(26)14-28-22(27)18-13-25(17-7-4-3-5-8-17)23-21(18)19-9-6-10-30-19/h3-10,13,15-16H,11-12,14H2,1-2H3/t15-,16-/m1/s1. The summed E-state index contributed by atoms with van der Waals surface area (Å²) in [6.45, 7) is 4.53. The zero-order valence-electron chi connectivity index (χ0n) is 16.9. The summed E-state index contributed by atoms with van der Waals surface area (Å²) in [6.07, 6.45) is 1.57. The van der Waals surface area contributed by atoms with Crippen molar-refractivity contribution >= 4 is 23.2 Å². The second-order valence-electron chi connectivity index (χ2n) is 7.28. The Labute approximate surface area is 178 Å². The van der Waals surface area contributed by atoms with Gasteiger partial charge in [0.05, 0.1) is 22.8 Å². The number of benzene rings is 1. The van der Waals surface area contributed by atoms with Crippen molar-refractivity contribution in [3.05, 3.63) is 59.6 Å². The van der Waals surface area contributed by atoms with Gasteiger partial charge in [-0.1, -0.05) is 24.3 Å². The fraction of sp³-hybridized carbons (Fsp3) is 0.318. The molecule has 8 heteroatoms. The number of rotatable bonds is 5. The second kappa shape index (κ2) is 8.81. The van der Waals surface area contributed by atoms with Crippen LogP contribution in [0.2, 0.25) is 0 Å². The molecule has 1 aromatic carbocycles. The van der Waals surface area contributed by atoms with E-state index >= 15 is 0 Å². The fourth-order valence-electron chi connectivity index (χ4n) is 3.51. The third-order valence-electron chi connectivity index (χ3n) is 4.81. The van der Waals surface area contributed by atoms with Gasteiger partial charge in [-0.25, -0.2) is 9.48 Å². The summed E-state index contributed by atoms with van der Waals surface area (Å²) in [5.74, 6) is -0.790. The summed E-state index contributed by atoms with van der Waals surface area (Å²) in [7, 11) is 0. The Bertz CT molecular complexity index is 1010. The van der Waals surface area contributed by atoms with Gasteiger partial charge in [0.15, 0.2) is 6.61 Å². The molecule has 1 aliphatic heterocycles. The lowest BCUT2D eigenvalue weighted by Gasteiger charge is -2.35. The van der Waals surface area contributed by atoms with E-state index in [1.807, 2.05) is 61.7 Å². The number of carbonyl (C=O) groups is 2. The molecular formula is C22H23N3O4S. The Morgan fingerprint density at radius 1 is 1.13 bits per heavy atom. The van der Waals surface area contributed by atoms with Crippen LogP contribution >= 0.6 is 11.3 Å². The van der Waals surface area contributed by atoms with Gasteiger partial charge in [-0.15, -0.1) is 11.3 Å². The Hall–Kier alpha value is -2.97. The van der Waals surface area contributed by atoms with E-state index in [1.165, 1.54) is 11.3 Å². The summed E-state index contributed by atoms with van der Waals surface area (Å²) in [5, 5.41) is 6.52. The molecule has 3 aromatic rings. The maximum Gasteiger partial charge on any atom is 0.342 e. The smallest absolute Gasteiger partial charge is 0.342 e. The highest BCUT2D eigenvalue weighted by atomic mass is 32.1. The fourth-order valence-corrected chi connectivity index (χ4v) is 4.23. The lowest BCUT2D eigenvalue weighted by molar-refractivity contribution is -0.146. The Balaban J connectivity index is 1.52. The van der Waals surface area contributed by atoms with Crippen LogP contribution < -0.4 is 0 Å². The first-order valence-electron chi connectivity index (χ1n) is 9.80. The van der Waals surface area contributed by atoms with Crippen molar-refractivity contribution in [2.24, 2.45) is 0 Å². The number of ether oxygens (including phenoxy) is 2. The summed E-state index contributed by atoms with van der Waals surface area (Å²) in [5.41, 5.74) is 1.71. The van der Waals surface area contributed by atoms with Crippen LogP contribution in [-0.4, -0.2) is 58.5 Å². The molecule has 1 fully saturated rings. The molecule has 0 spiro atoms. The highest BCUT2D eigenvalue weighted by Crippen LogP contribution is 2.28. The van der Waals surface area contributed by atoms with Crippen LogP contribution in [0.25, 0.3) is 16.3 Å². The second-order valence-corrected chi connectivity index (χ2v) is 8.23. The molecule has 7 nitrogen and oxygen atoms in total. The Morgan fingerprint density at radius 3 is 2.53 bits per heavy atom. The van der Waals surface area contributed by atoms with Crippen LogP contribution in [0.3, 0.4) is 0 Å². The van der Waals surface area contributed by atoms with Crippen LogP contribution in [0.4, 0.5) is 0 Å². The molecule has 0 radical (unpaired) electrons. The summed E-state index contributed by atoms with van der Waals surface area (Å²) in [6, 6.07) is 13.4. The van der Waals surface area contributed by atoms with E-state index in [-0.39, 0.29) is 24.7 Å². The third-order valence-corrected chi connectivity index (χ3v) is 5.69. The maximum atomic E-state index is 12.9. The van der Waals surface area contributed by atoms with Crippen LogP contribution in [0.5, 0.6) is 0 Å². The molecule has 0 saturated carbocycles. The van der Waals surface area contributed by atoms with E-state index in [9.17, 15) is 9.59 Å². The molecule has 1 amide bonds. The summed E-state index contributed by atoms with van der Waals surface area (Å²) < 4.78 is 12.7. The normalized spacial score (nSPS) is 18.9. The molecule has 0 unspecified atom stereocenters. The zero-order chi connectivity index (χ0) is 21.1. The van der Waals surface area contributed by atoms with Gasteiger partial charge in [-0.3, -0.25) is 4.79 Å². The number of amides is 1. The van der Waals surface area contributed by atoms with Crippen molar-refractivity contribution in [2.75, 3.05) is 19.7 Å². The van der Waals surface area contributed by atoms with E-state index in [1.54, 1.807) is 15.8 Å². The monoisotopic (exact) mass is 425 g/mol. The van der Waals surface area contributed by atoms with Crippen LogP contribution in [0.15, 0.2) is 54.0 Å². The number of para-hydroxylation sites is 1. The van der Waals surface area contributed by atoms with Crippen molar-refractivity contribution in [3.8, 4) is 16.3 Å². The first-order chi connectivity index (χ1) is 14.5. The molecular weight excluding hydrogens is 402 g/mol. The average Bonchev–Trinajstić information content (AvgIpc) is 3.41. The highest BCUT2D eigenvalue weighted by Gasteiger charge is 2.27. The van der Waals surface area contributed by atoms with Gasteiger partial charge in [-0.2, -0.15) is 5.10 Å². The van der Waals surface area contributed by atoms with Crippen molar-refractivity contribution in [2.45, 2.75) is 26.1 Å². The number of hydrogen-bond acceptors (Lipinski definition) is 6. The topological polar surface area (TPSA) is 73.7 Å². The van der Waals surface area contributed by atoms with Gasteiger partial charge in [0.25, 0.3) is 5.91 Å². The maximum absolute atomic E-state index is 12.9. The molecule has 4 rings (SSSR count). The summed E-state index contributed by atoms with van der Waals surface area (Å²) >= 11 is 1.49. The number of morpholine rings is 1.